The molecule has 16 heavy (non-hydrogen) atoms. The van der Waals surface area contributed by atoms with E-state index in [0.29, 0.717) is 0 Å². The molecule has 1 N–H and O–H groups in total. The van der Waals surface area contributed by atoms with E-state index in [-0.39, 0.29) is 11.9 Å². The van der Waals surface area contributed by atoms with Crippen LogP contribution >= 0.6 is 0 Å². The summed E-state index contributed by atoms with van der Waals surface area (Å²) in [6.07, 6.45) is 2.66. The zero-order chi connectivity index (χ0) is 12.1. The molecule has 5 heteroatoms. The number of likely N-dealkylation sites (N-methyl/N-ethyl adjacent to an activating group) is 1. The van der Waals surface area contributed by atoms with E-state index in [4.69, 9.17) is 0 Å². The van der Waals surface area contributed by atoms with Crippen LogP contribution in [0.1, 0.15) is 12.6 Å². The Morgan fingerprint density at radius 2 is 2.31 bits per heavy atom. The first-order valence-corrected chi connectivity index (χ1v) is 5.43. The molecule has 0 aliphatic heterocycles. The lowest BCUT2D eigenvalue weighted by molar-refractivity contribution is -0.130. The summed E-state index contributed by atoms with van der Waals surface area (Å²) >= 11 is 0. The number of aromatic nitrogens is 2. The molecular weight excluding hydrogens is 204 g/mol. The van der Waals surface area contributed by atoms with Crippen molar-refractivity contribution in [2.45, 2.75) is 19.4 Å². The standard InChI is InChI=1S/C11H20N4O/c1-9(11(16)14(2)3)12-7-5-10-6-8-13-15(10)4/h6,8-9,12H,5,7H2,1-4H3. The van der Waals surface area contributed by atoms with Gasteiger partial charge in [-0.15, -0.1) is 0 Å². The molecule has 1 unspecified atom stereocenters. The zero-order valence-corrected chi connectivity index (χ0v) is 10.4. The van der Waals surface area contributed by atoms with E-state index in [1.165, 1.54) is 0 Å². The van der Waals surface area contributed by atoms with Crippen molar-refractivity contribution in [2.75, 3.05) is 20.6 Å². The van der Waals surface area contributed by atoms with Crippen molar-refractivity contribution in [2.24, 2.45) is 7.05 Å². The van der Waals surface area contributed by atoms with E-state index < -0.39 is 0 Å². The van der Waals surface area contributed by atoms with Gasteiger partial charge in [0.1, 0.15) is 0 Å². The van der Waals surface area contributed by atoms with Crippen LogP contribution in [-0.4, -0.2) is 47.3 Å². The fourth-order valence-electron chi connectivity index (χ4n) is 1.54. The maximum absolute atomic E-state index is 11.5. The summed E-state index contributed by atoms with van der Waals surface area (Å²) in [4.78, 5) is 13.1. The van der Waals surface area contributed by atoms with E-state index in [1.807, 2.05) is 24.7 Å². The van der Waals surface area contributed by atoms with Crippen molar-refractivity contribution < 1.29 is 4.79 Å². The summed E-state index contributed by atoms with van der Waals surface area (Å²) in [6, 6.07) is 1.85. The molecular formula is C11H20N4O. The average Bonchev–Trinajstić information content (AvgIpc) is 2.63. The first-order valence-electron chi connectivity index (χ1n) is 5.43. The van der Waals surface area contributed by atoms with Crippen LogP contribution in [0.3, 0.4) is 0 Å². The van der Waals surface area contributed by atoms with E-state index >= 15 is 0 Å². The summed E-state index contributed by atoms with van der Waals surface area (Å²) in [6.45, 7) is 2.66. The van der Waals surface area contributed by atoms with Gasteiger partial charge in [-0.25, -0.2) is 0 Å². The Labute approximate surface area is 96.4 Å². The second-order valence-corrected chi connectivity index (χ2v) is 4.10. The number of carbonyl (C=O) groups excluding carboxylic acids is 1. The lowest BCUT2D eigenvalue weighted by atomic mass is 10.2. The smallest absolute Gasteiger partial charge is 0.238 e. The molecule has 1 amide bonds. The van der Waals surface area contributed by atoms with Gasteiger partial charge in [0.05, 0.1) is 6.04 Å². The Bertz CT molecular complexity index is 346. The Hall–Kier alpha value is -1.36. The van der Waals surface area contributed by atoms with Gasteiger partial charge < -0.3 is 10.2 Å². The number of hydrogen-bond donors (Lipinski definition) is 1. The predicted molar refractivity (Wildman–Crippen MR) is 63.1 cm³/mol. The van der Waals surface area contributed by atoms with Crippen LogP contribution in [-0.2, 0) is 18.3 Å². The predicted octanol–water partition coefficient (Wildman–Crippen LogP) is 0.0289. The number of hydrogen-bond acceptors (Lipinski definition) is 3. The maximum Gasteiger partial charge on any atom is 0.238 e. The highest BCUT2D eigenvalue weighted by atomic mass is 16.2. The van der Waals surface area contributed by atoms with E-state index in [1.54, 1.807) is 25.2 Å². The van der Waals surface area contributed by atoms with Crippen LogP contribution in [0.2, 0.25) is 0 Å². The summed E-state index contributed by atoms with van der Waals surface area (Å²) in [5, 5.41) is 7.29. The second-order valence-electron chi connectivity index (χ2n) is 4.10. The van der Waals surface area contributed by atoms with Crippen LogP contribution in [0.15, 0.2) is 12.3 Å². The average molecular weight is 224 g/mol. The molecule has 0 aliphatic carbocycles. The third-order valence-corrected chi connectivity index (χ3v) is 2.57. The number of amides is 1. The molecule has 0 saturated heterocycles. The van der Waals surface area contributed by atoms with Gasteiger partial charge >= 0.3 is 0 Å². The quantitative estimate of drug-likeness (QED) is 0.767. The van der Waals surface area contributed by atoms with Crippen LogP contribution in [0.5, 0.6) is 0 Å². The van der Waals surface area contributed by atoms with Crippen LogP contribution in [0.4, 0.5) is 0 Å². The van der Waals surface area contributed by atoms with Crippen molar-refractivity contribution in [1.29, 1.82) is 0 Å². The molecule has 1 rings (SSSR count). The molecule has 5 nitrogen and oxygen atoms in total. The highest BCUT2D eigenvalue weighted by Crippen LogP contribution is 1.97. The van der Waals surface area contributed by atoms with Crippen LogP contribution in [0, 0.1) is 0 Å². The summed E-state index contributed by atoms with van der Waals surface area (Å²) in [5.74, 6) is 0.102. The van der Waals surface area contributed by atoms with Gasteiger partial charge in [-0.3, -0.25) is 9.48 Å². The number of rotatable bonds is 5. The molecule has 1 heterocycles. The Morgan fingerprint density at radius 3 is 2.81 bits per heavy atom. The molecule has 0 saturated carbocycles. The number of nitrogens with one attached hydrogen (secondary N) is 1. The van der Waals surface area contributed by atoms with Gasteiger partial charge in [-0.2, -0.15) is 5.10 Å². The lowest BCUT2D eigenvalue weighted by Crippen LogP contribution is -2.42. The molecule has 0 spiro atoms. The van der Waals surface area contributed by atoms with E-state index in [2.05, 4.69) is 10.4 Å². The van der Waals surface area contributed by atoms with Crippen LogP contribution in [0.25, 0.3) is 0 Å². The van der Waals surface area contributed by atoms with E-state index in [9.17, 15) is 4.79 Å². The largest absolute Gasteiger partial charge is 0.347 e. The first kappa shape index (κ1) is 12.7. The van der Waals surface area contributed by atoms with Crippen LogP contribution < -0.4 is 5.32 Å². The van der Waals surface area contributed by atoms with Crippen molar-refractivity contribution in [3.8, 4) is 0 Å². The highest BCUT2D eigenvalue weighted by Gasteiger charge is 2.13. The van der Waals surface area contributed by atoms with E-state index in [0.717, 1.165) is 18.7 Å². The maximum atomic E-state index is 11.5. The normalized spacial score (nSPS) is 12.5. The first-order chi connectivity index (χ1) is 7.52. The minimum Gasteiger partial charge on any atom is -0.347 e. The zero-order valence-electron chi connectivity index (χ0n) is 10.4. The van der Waals surface area contributed by atoms with Crippen molar-refractivity contribution >= 4 is 5.91 Å². The molecule has 0 bridgehead atoms. The Morgan fingerprint density at radius 1 is 1.62 bits per heavy atom. The fourth-order valence-corrected chi connectivity index (χ4v) is 1.54. The van der Waals surface area contributed by atoms with Gasteiger partial charge in [0.15, 0.2) is 0 Å². The minimum atomic E-state index is -0.136. The third kappa shape index (κ3) is 3.34. The molecule has 90 valence electrons. The van der Waals surface area contributed by atoms with Crippen molar-refractivity contribution in [3.63, 3.8) is 0 Å². The Balaban J connectivity index is 2.31. The number of carbonyl (C=O) groups is 1. The highest BCUT2D eigenvalue weighted by molar-refractivity contribution is 5.80. The molecule has 1 aromatic rings. The number of aryl methyl sites for hydroxylation is 1. The van der Waals surface area contributed by atoms with Gasteiger partial charge in [-0.05, 0) is 13.0 Å². The molecule has 0 aliphatic rings. The Kier molecular flexibility index (Phi) is 4.49. The van der Waals surface area contributed by atoms with Crippen molar-refractivity contribution in [3.05, 3.63) is 18.0 Å². The van der Waals surface area contributed by atoms with Gasteiger partial charge in [0.25, 0.3) is 0 Å². The molecule has 1 aromatic heterocycles. The third-order valence-electron chi connectivity index (χ3n) is 2.57. The summed E-state index contributed by atoms with van der Waals surface area (Å²) < 4.78 is 1.85. The fraction of sp³-hybridized carbons (Fsp3) is 0.636. The molecule has 0 aromatic carbocycles. The topological polar surface area (TPSA) is 50.2 Å². The molecule has 0 radical (unpaired) electrons. The monoisotopic (exact) mass is 224 g/mol. The van der Waals surface area contributed by atoms with Gasteiger partial charge in [-0.1, -0.05) is 0 Å². The van der Waals surface area contributed by atoms with Gasteiger partial charge in [0, 0.05) is 46.0 Å². The lowest BCUT2D eigenvalue weighted by Gasteiger charge is -2.17. The number of nitrogens with zero attached hydrogens (tertiary/aromatic N) is 3. The molecule has 1 atom stereocenters. The second kappa shape index (κ2) is 5.65. The molecule has 0 fully saturated rings. The SMILES string of the molecule is CC(NCCc1ccnn1C)C(=O)N(C)C. The van der Waals surface area contributed by atoms with Crippen molar-refractivity contribution in [1.82, 2.24) is 20.0 Å². The summed E-state index contributed by atoms with van der Waals surface area (Å²) in [7, 11) is 5.45. The summed E-state index contributed by atoms with van der Waals surface area (Å²) in [5.41, 5.74) is 1.16. The van der Waals surface area contributed by atoms with Gasteiger partial charge in [0.2, 0.25) is 5.91 Å². The minimum absolute atomic E-state index is 0.102.